The van der Waals surface area contributed by atoms with Crippen molar-refractivity contribution < 1.29 is 4.79 Å². The standard InChI is InChI=1S/C29H31N7O3S2/c1-6-34-25(33-14-12-31(4)13-15-33)21(18(2)22(17-30)26(34)37)16-23-27(38)35(29(40)41-23)24-19(3)32(5)36(28(24)39)20-10-8-7-9-11-20/h7-11,16H,6,12-15H2,1-5H3/b23-16-. The SMILES string of the molecule is CCn1c(N2CCN(C)CC2)c(/C=C2\SC(=S)N(c3c(C)n(C)n(-c4ccccc4)c3=O)C2=O)c(C)c(C#N)c1=O. The Balaban J connectivity index is 1.65. The van der Waals surface area contributed by atoms with Gasteiger partial charge in [-0.1, -0.05) is 42.2 Å². The van der Waals surface area contributed by atoms with Crippen molar-refractivity contribution in [2.75, 3.05) is 43.0 Å². The molecule has 0 bridgehead atoms. The number of hydrogen-bond acceptors (Lipinski definition) is 8. The van der Waals surface area contributed by atoms with Gasteiger partial charge < -0.3 is 9.80 Å². The summed E-state index contributed by atoms with van der Waals surface area (Å²) >= 11 is 6.76. The third kappa shape index (κ3) is 4.73. The summed E-state index contributed by atoms with van der Waals surface area (Å²) in [4.78, 5) is 46.9. The van der Waals surface area contributed by atoms with Crippen LogP contribution in [0.15, 0.2) is 44.8 Å². The molecule has 4 heterocycles. The molecule has 2 aromatic heterocycles. The number of thiocarbonyl (C=S) groups is 1. The van der Waals surface area contributed by atoms with Crippen molar-refractivity contribution in [3.63, 3.8) is 0 Å². The van der Waals surface area contributed by atoms with E-state index in [1.807, 2.05) is 37.3 Å². The fraction of sp³-hybridized carbons (Fsp3) is 0.345. The first-order valence-electron chi connectivity index (χ1n) is 13.3. The van der Waals surface area contributed by atoms with Crippen LogP contribution in [0.3, 0.4) is 0 Å². The third-order valence-electron chi connectivity index (χ3n) is 7.78. The van der Waals surface area contributed by atoms with E-state index in [0.29, 0.717) is 52.9 Å². The van der Waals surface area contributed by atoms with Gasteiger partial charge in [-0.15, -0.1) is 0 Å². The lowest BCUT2D eigenvalue weighted by Crippen LogP contribution is -2.47. The van der Waals surface area contributed by atoms with Crippen LogP contribution in [0, 0.1) is 25.2 Å². The fourth-order valence-electron chi connectivity index (χ4n) is 5.40. The zero-order valence-electron chi connectivity index (χ0n) is 23.7. The first-order valence-corrected chi connectivity index (χ1v) is 14.6. The normalized spacial score (nSPS) is 17.1. The van der Waals surface area contributed by atoms with E-state index >= 15 is 0 Å². The molecule has 0 radical (unpaired) electrons. The summed E-state index contributed by atoms with van der Waals surface area (Å²) in [5.74, 6) is 0.275. The van der Waals surface area contributed by atoms with Gasteiger partial charge in [0.1, 0.15) is 23.1 Å². The molecule has 0 unspecified atom stereocenters. The number of hydrogen-bond donors (Lipinski definition) is 0. The van der Waals surface area contributed by atoms with Gasteiger partial charge in [-0.2, -0.15) is 5.26 Å². The van der Waals surface area contributed by atoms with E-state index in [9.17, 15) is 19.6 Å². The third-order valence-corrected chi connectivity index (χ3v) is 9.08. The van der Waals surface area contributed by atoms with Gasteiger partial charge in [0.15, 0.2) is 4.32 Å². The first kappa shape index (κ1) is 28.6. The molecule has 1 amide bonds. The molecule has 41 heavy (non-hydrogen) atoms. The quantitative estimate of drug-likeness (QED) is 0.331. The van der Waals surface area contributed by atoms with Gasteiger partial charge in [0, 0.05) is 45.3 Å². The maximum absolute atomic E-state index is 13.9. The highest BCUT2D eigenvalue weighted by atomic mass is 32.2. The predicted octanol–water partition coefficient (Wildman–Crippen LogP) is 3.00. The summed E-state index contributed by atoms with van der Waals surface area (Å²) < 4.78 is 5.08. The Labute approximate surface area is 247 Å². The summed E-state index contributed by atoms with van der Waals surface area (Å²) in [6, 6.07) is 11.3. The number of pyridine rings is 1. The number of thioether (sulfide) groups is 1. The second-order valence-electron chi connectivity index (χ2n) is 10.1. The van der Waals surface area contributed by atoms with Gasteiger partial charge >= 0.3 is 0 Å². The lowest BCUT2D eigenvalue weighted by atomic mass is 10.0. The van der Waals surface area contributed by atoms with Crippen molar-refractivity contribution in [3.05, 3.63) is 78.3 Å². The number of carbonyl (C=O) groups is 1. The lowest BCUT2D eigenvalue weighted by molar-refractivity contribution is -0.113. The van der Waals surface area contributed by atoms with Gasteiger partial charge in [-0.3, -0.25) is 28.5 Å². The van der Waals surface area contributed by atoms with E-state index in [-0.39, 0.29) is 26.7 Å². The highest BCUT2D eigenvalue weighted by Crippen LogP contribution is 2.38. The van der Waals surface area contributed by atoms with Crippen LogP contribution in [-0.4, -0.2) is 62.3 Å². The molecule has 0 aliphatic carbocycles. The molecule has 0 N–H and O–H groups in total. The highest BCUT2D eigenvalue weighted by molar-refractivity contribution is 8.27. The van der Waals surface area contributed by atoms with Gasteiger partial charge in [0.25, 0.3) is 17.0 Å². The Bertz CT molecular complexity index is 1750. The van der Waals surface area contributed by atoms with Crippen LogP contribution < -0.4 is 20.9 Å². The molecule has 2 aliphatic heterocycles. The number of amides is 1. The molecule has 5 rings (SSSR count). The largest absolute Gasteiger partial charge is 0.355 e. The molecule has 0 spiro atoms. The maximum Gasteiger partial charge on any atom is 0.296 e. The summed E-state index contributed by atoms with van der Waals surface area (Å²) in [6.07, 6.45) is 1.72. The van der Waals surface area contributed by atoms with Gasteiger partial charge in [0.2, 0.25) is 0 Å². The lowest BCUT2D eigenvalue weighted by Gasteiger charge is -2.36. The Morgan fingerprint density at radius 3 is 2.29 bits per heavy atom. The van der Waals surface area contributed by atoms with E-state index in [4.69, 9.17) is 12.2 Å². The number of carbonyl (C=O) groups excluding carboxylic acids is 1. The van der Waals surface area contributed by atoms with Gasteiger partial charge in [-0.25, -0.2) is 4.68 Å². The molecule has 0 atom stereocenters. The number of para-hydroxylation sites is 1. The Morgan fingerprint density at radius 2 is 1.68 bits per heavy atom. The average molecular weight is 590 g/mol. The molecule has 2 saturated heterocycles. The monoisotopic (exact) mass is 589 g/mol. The van der Waals surface area contributed by atoms with E-state index < -0.39 is 5.91 Å². The minimum absolute atomic E-state index is 0.0520. The van der Waals surface area contributed by atoms with Crippen molar-refractivity contribution in [1.82, 2.24) is 18.8 Å². The van der Waals surface area contributed by atoms with Crippen LogP contribution in [0.2, 0.25) is 0 Å². The highest BCUT2D eigenvalue weighted by Gasteiger charge is 2.38. The maximum atomic E-state index is 13.9. The fourth-order valence-corrected chi connectivity index (χ4v) is 6.65. The minimum atomic E-state index is -0.414. The smallest absolute Gasteiger partial charge is 0.296 e. The molecule has 12 heteroatoms. The number of rotatable bonds is 5. The summed E-state index contributed by atoms with van der Waals surface area (Å²) in [7, 11) is 3.82. The molecule has 10 nitrogen and oxygen atoms in total. The van der Waals surface area contributed by atoms with Gasteiger partial charge in [-0.05, 0) is 51.6 Å². The van der Waals surface area contributed by atoms with E-state index in [1.165, 1.54) is 9.58 Å². The van der Waals surface area contributed by atoms with Crippen LogP contribution in [0.4, 0.5) is 11.5 Å². The van der Waals surface area contributed by atoms with E-state index in [0.717, 1.165) is 24.9 Å². The summed E-state index contributed by atoms with van der Waals surface area (Å²) in [5.41, 5.74) is 1.99. The topological polar surface area (TPSA) is 99.5 Å². The minimum Gasteiger partial charge on any atom is -0.355 e. The average Bonchev–Trinajstić information content (AvgIpc) is 3.35. The molecule has 2 aliphatic rings. The van der Waals surface area contributed by atoms with Crippen molar-refractivity contribution in [2.45, 2.75) is 27.3 Å². The molecular formula is C29H31N7O3S2. The van der Waals surface area contributed by atoms with Crippen LogP contribution in [0.25, 0.3) is 11.8 Å². The molecule has 212 valence electrons. The second-order valence-corrected chi connectivity index (χ2v) is 11.8. The second kappa shape index (κ2) is 11.2. The zero-order chi connectivity index (χ0) is 29.6. The number of anilines is 2. The number of benzene rings is 1. The predicted molar refractivity (Wildman–Crippen MR) is 167 cm³/mol. The van der Waals surface area contributed by atoms with Crippen molar-refractivity contribution >= 4 is 51.8 Å². The molecule has 2 fully saturated rings. The van der Waals surface area contributed by atoms with Gasteiger partial charge in [0.05, 0.1) is 16.3 Å². The first-order chi connectivity index (χ1) is 19.6. The van der Waals surface area contributed by atoms with E-state index in [2.05, 4.69) is 22.9 Å². The number of likely N-dealkylation sites (N-methyl/N-ethyl adjacent to an activating group) is 1. The van der Waals surface area contributed by atoms with Crippen LogP contribution in [0.1, 0.15) is 29.3 Å². The number of piperazine rings is 1. The van der Waals surface area contributed by atoms with Crippen LogP contribution in [0.5, 0.6) is 0 Å². The molecule has 3 aromatic rings. The van der Waals surface area contributed by atoms with Crippen LogP contribution >= 0.6 is 24.0 Å². The number of nitrogens with zero attached hydrogens (tertiary/aromatic N) is 7. The van der Waals surface area contributed by atoms with Crippen LogP contribution in [-0.2, 0) is 18.4 Å². The van der Waals surface area contributed by atoms with Crippen molar-refractivity contribution in [3.8, 4) is 11.8 Å². The molecule has 1 aromatic carbocycles. The molecular weight excluding hydrogens is 558 g/mol. The molecule has 0 saturated carbocycles. The summed E-state index contributed by atoms with van der Waals surface area (Å²) in [5, 5.41) is 9.86. The zero-order valence-corrected chi connectivity index (χ0v) is 25.3. The Morgan fingerprint density at radius 1 is 1.02 bits per heavy atom. The number of nitriles is 1. The number of aromatic nitrogens is 3. The summed E-state index contributed by atoms with van der Waals surface area (Å²) in [6.45, 7) is 8.81. The Hall–Kier alpha value is -3.92. The van der Waals surface area contributed by atoms with E-state index in [1.54, 1.807) is 36.2 Å². The Kier molecular flexibility index (Phi) is 7.78. The van der Waals surface area contributed by atoms with Crippen molar-refractivity contribution in [2.24, 2.45) is 7.05 Å². The van der Waals surface area contributed by atoms with Crippen molar-refractivity contribution in [1.29, 1.82) is 5.26 Å².